The molecule has 0 bridgehead atoms. The summed E-state index contributed by atoms with van der Waals surface area (Å²) in [4.78, 5) is 12.8. The van der Waals surface area contributed by atoms with Crippen molar-refractivity contribution in [2.75, 3.05) is 11.6 Å². The third-order valence-corrected chi connectivity index (χ3v) is 3.99. The standard InChI is InChI=1S/C20H14F3N3O2/c1-13-17(11-14-5-2-3-8-18(14)28-10-9-24)19(27)26(25-13)16-7-4-6-15(12-16)20(21,22)23/h2-8,11-12H,10H2,1H3. The Bertz CT molecular complexity index is 1020. The smallest absolute Gasteiger partial charge is 0.416 e. The van der Waals surface area contributed by atoms with E-state index in [4.69, 9.17) is 10.00 Å². The summed E-state index contributed by atoms with van der Waals surface area (Å²) in [5.74, 6) is -0.137. The molecule has 0 unspecified atom stereocenters. The van der Waals surface area contributed by atoms with Gasteiger partial charge in [-0.1, -0.05) is 24.3 Å². The molecule has 2 aromatic carbocycles. The van der Waals surface area contributed by atoms with E-state index in [-0.39, 0.29) is 17.9 Å². The Morgan fingerprint density at radius 3 is 2.68 bits per heavy atom. The minimum Gasteiger partial charge on any atom is -0.478 e. The molecule has 1 amide bonds. The van der Waals surface area contributed by atoms with Gasteiger partial charge in [0.05, 0.1) is 22.5 Å². The lowest BCUT2D eigenvalue weighted by Gasteiger charge is -2.14. The quantitative estimate of drug-likeness (QED) is 0.732. The molecule has 1 aliphatic heterocycles. The first kappa shape index (κ1) is 19.2. The van der Waals surface area contributed by atoms with E-state index >= 15 is 0 Å². The zero-order valence-corrected chi connectivity index (χ0v) is 14.7. The molecule has 0 N–H and O–H groups in total. The fourth-order valence-corrected chi connectivity index (χ4v) is 2.67. The van der Waals surface area contributed by atoms with Gasteiger partial charge < -0.3 is 4.74 Å². The second-order valence-electron chi connectivity index (χ2n) is 5.89. The lowest BCUT2D eigenvalue weighted by Crippen LogP contribution is -2.21. The van der Waals surface area contributed by atoms with Crippen molar-refractivity contribution >= 4 is 23.4 Å². The van der Waals surface area contributed by atoms with Crippen molar-refractivity contribution in [2.24, 2.45) is 5.10 Å². The van der Waals surface area contributed by atoms with E-state index in [2.05, 4.69) is 5.10 Å². The van der Waals surface area contributed by atoms with Crippen LogP contribution in [-0.4, -0.2) is 18.2 Å². The predicted octanol–water partition coefficient (Wildman–Crippen LogP) is 4.41. The molecule has 5 nitrogen and oxygen atoms in total. The molecule has 0 aliphatic carbocycles. The summed E-state index contributed by atoms with van der Waals surface area (Å²) < 4.78 is 44.2. The summed E-state index contributed by atoms with van der Waals surface area (Å²) in [7, 11) is 0. The monoisotopic (exact) mass is 385 g/mol. The van der Waals surface area contributed by atoms with Crippen LogP contribution in [0, 0.1) is 11.3 Å². The SMILES string of the molecule is CC1=NN(c2cccc(C(F)(F)F)c2)C(=O)C1=Cc1ccccc1OCC#N. The van der Waals surface area contributed by atoms with Crippen molar-refractivity contribution in [3.05, 3.63) is 65.2 Å². The number of ether oxygens (including phenoxy) is 1. The lowest BCUT2D eigenvalue weighted by atomic mass is 10.1. The van der Waals surface area contributed by atoms with Gasteiger partial charge >= 0.3 is 6.18 Å². The van der Waals surface area contributed by atoms with E-state index in [0.717, 1.165) is 17.1 Å². The van der Waals surface area contributed by atoms with Gasteiger partial charge in [-0.05, 0) is 37.3 Å². The molecular weight excluding hydrogens is 371 g/mol. The lowest BCUT2D eigenvalue weighted by molar-refractivity contribution is -0.137. The number of para-hydroxylation sites is 1. The first-order chi connectivity index (χ1) is 13.3. The molecular formula is C20H14F3N3O2. The van der Waals surface area contributed by atoms with Crippen LogP contribution in [0.3, 0.4) is 0 Å². The molecule has 0 saturated heterocycles. The van der Waals surface area contributed by atoms with Crippen LogP contribution >= 0.6 is 0 Å². The number of carbonyl (C=O) groups excluding carboxylic acids is 1. The predicted molar refractivity (Wildman–Crippen MR) is 97.6 cm³/mol. The van der Waals surface area contributed by atoms with E-state index in [0.29, 0.717) is 17.0 Å². The third-order valence-electron chi connectivity index (χ3n) is 3.99. The maximum atomic E-state index is 13.0. The van der Waals surface area contributed by atoms with Crippen molar-refractivity contribution in [1.82, 2.24) is 0 Å². The Morgan fingerprint density at radius 2 is 1.96 bits per heavy atom. The Hall–Kier alpha value is -3.60. The second kappa shape index (κ2) is 7.56. The number of nitriles is 1. The Balaban J connectivity index is 1.95. The zero-order valence-electron chi connectivity index (χ0n) is 14.7. The molecule has 0 fully saturated rings. The van der Waals surface area contributed by atoms with Crippen LogP contribution in [0.2, 0.25) is 0 Å². The van der Waals surface area contributed by atoms with Crippen molar-refractivity contribution in [3.8, 4) is 11.8 Å². The van der Waals surface area contributed by atoms with E-state index in [1.54, 1.807) is 37.3 Å². The molecule has 0 radical (unpaired) electrons. The van der Waals surface area contributed by atoms with Crippen LogP contribution in [0.1, 0.15) is 18.1 Å². The Morgan fingerprint density at radius 1 is 1.21 bits per heavy atom. The van der Waals surface area contributed by atoms with Crippen molar-refractivity contribution in [3.63, 3.8) is 0 Å². The van der Waals surface area contributed by atoms with Crippen molar-refractivity contribution in [2.45, 2.75) is 13.1 Å². The number of benzene rings is 2. The molecule has 0 atom stereocenters. The van der Waals surface area contributed by atoms with Crippen LogP contribution < -0.4 is 9.75 Å². The zero-order chi connectivity index (χ0) is 20.3. The highest BCUT2D eigenvalue weighted by molar-refractivity contribution is 6.32. The van der Waals surface area contributed by atoms with Crippen LogP contribution in [0.15, 0.2) is 59.2 Å². The normalized spacial score (nSPS) is 15.5. The van der Waals surface area contributed by atoms with Gasteiger partial charge in [0.25, 0.3) is 5.91 Å². The van der Waals surface area contributed by atoms with Crippen LogP contribution in [0.5, 0.6) is 5.75 Å². The summed E-state index contributed by atoms with van der Waals surface area (Å²) in [6.45, 7) is 1.44. The van der Waals surface area contributed by atoms with Crippen molar-refractivity contribution in [1.29, 1.82) is 5.26 Å². The summed E-state index contributed by atoms with van der Waals surface area (Å²) in [5, 5.41) is 13.7. The molecule has 28 heavy (non-hydrogen) atoms. The molecule has 3 rings (SSSR count). The highest BCUT2D eigenvalue weighted by Crippen LogP contribution is 2.33. The third kappa shape index (κ3) is 3.88. The maximum absolute atomic E-state index is 13.0. The fraction of sp³-hybridized carbons (Fsp3) is 0.150. The summed E-state index contributed by atoms with van der Waals surface area (Å²) in [6, 6.07) is 13.1. The highest BCUT2D eigenvalue weighted by Gasteiger charge is 2.33. The van der Waals surface area contributed by atoms with Gasteiger partial charge in [0.1, 0.15) is 11.8 Å². The maximum Gasteiger partial charge on any atom is 0.416 e. The molecule has 8 heteroatoms. The largest absolute Gasteiger partial charge is 0.478 e. The number of nitrogens with zero attached hydrogens (tertiary/aromatic N) is 3. The molecule has 142 valence electrons. The number of carbonyl (C=O) groups is 1. The Kier molecular flexibility index (Phi) is 5.18. The van der Waals surface area contributed by atoms with E-state index in [1.165, 1.54) is 12.1 Å². The number of anilines is 1. The first-order valence-corrected chi connectivity index (χ1v) is 8.19. The molecule has 0 saturated carbocycles. The van der Waals surface area contributed by atoms with Crippen LogP contribution in [0.4, 0.5) is 18.9 Å². The van der Waals surface area contributed by atoms with Gasteiger partial charge in [0.15, 0.2) is 6.61 Å². The number of halogens is 3. The number of amides is 1. The van der Waals surface area contributed by atoms with Gasteiger partial charge in [-0.2, -0.15) is 28.5 Å². The molecule has 0 spiro atoms. The fourth-order valence-electron chi connectivity index (χ4n) is 2.67. The van der Waals surface area contributed by atoms with Crippen LogP contribution in [0.25, 0.3) is 6.08 Å². The summed E-state index contributed by atoms with van der Waals surface area (Å²) in [5.41, 5.74) is 0.305. The van der Waals surface area contributed by atoms with Gasteiger partial charge in [-0.3, -0.25) is 4.79 Å². The average Bonchev–Trinajstić information content (AvgIpc) is 2.95. The topological polar surface area (TPSA) is 65.7 Å². The van der Waals surface area contributed by atoms with E-state index < -0.39 is 17.6 Å². The van der Waals surface area contributed by atoms with E-state index in [1.807, 2.05) is 6.07 Å². The number of rotatable bonds is 4. The number of hydrazone groups is 1. The highest BCUT2D eigenvalue weighted by atomic mass is 19.4. The minimum atomic E-state index is -4.52. The first-order valence-electron chi connectivity index (χ1n) is 8.19. The number of alkyl halides is 3. The molecule has 2 aromatic rings. The summed E-state index contributed by atoms with van der Waals surface area (Å²) in [6.07, 6.45) is -2.98. The van der Waals surface area contributed by atoms with Gasteiger partial charge in [0.2, 0.25) is 0 Å². The molecule has 1 heterocycles. The Labute approximate surface area is 159 Å². The summed E-state index contributed by atoms with van der Waals surface area (Å²) >= 11 is 0. The van der Waals surface area contributed by atoms with Gasteiger partial charge in [0, 0.05) is 5.56 Å². The minimum absolute atomic E-state index is 0.0246. The van der Waals surface area contributed by atoms with Crippen LogP contribution in [-0.2, 0) is 11.0 Å². The molecule has 1 aliphatic rings. The van der Waals surface area contributed by atoms with Gasteiger partial charge in [-0.25, -0.2) is 0 Å². The van der Waals surface area contributed by atoms with Crippen molar-refractivity contribution < 1.29 is 22.7 Å². The molecule has 0 aromatic heterocycles. The average molecular weight is 385 g/mol. The van der Waals surface area contributed by atoms with E-state index in [9.17, 15) is 18.0 Å². The number of hydrogen-bond donors (Lipinski definition) is 0. The number of hydrogen-bond acceptors (Lipinski definition) is 4. The second-order valence-corrected chi connectivity index (χ2v) is 5.89. The van der Waals surface area contributed by atoms with Gasteiger partial charge in [-0.15, -0.1) is 0 Å².